The van der Waals surface area contributed by atoms with E-state index in [0.29, 0.717) is 17.8 Å². The standard InChI is InChI=1S/C8H8N4O2S/c1-5-2-9-12(7(5)8(13)14)3-6-4-15-11-10-6/h2,4H,3H2,1H3,(H,13,14). The van der Waals surface area contributed by atoms with Crippen LogP contribution in [0.2, 0.25) is 0 Å². The van der Waals surface area contributed by atoms with Gasteiger partial charge in [-0.1, -0.05) is 4.49 Å². The molecule has 0 radical (unpaired) electrons. The molecular formula is C8H8N4O2S. The Hall–Kier alpha value is -1.76. The topological polar surface area (TPSA) is 80.9 Å². The minimum atomic E-state index is -0.979. The van der Waals surface area contributed by atoms with Crippen LogP contribution >= 0.6 is 11.5 Å². The van der Waals surface area contributed by atoms with Gasteiger partial charge in [-0.05, 0) is 18.5 Å². The molecule has 2 aromatic rings. The highest BCUT2D eigenvalue weighted by molar-refractivity contribution is 7.03. The minimum absolute atomic E-state index is 0.197. The van der Waals surface area contributed by atoms with Crippen LogP contribution in [0.1, 0.15) is 21.7 Å². The monoisotopic (exact) mass is 224 g/mol. The van der Waals surface area contributed by atoms with Gasteiger partial charge in [0.25, 0.3) is 0 Å². The quantitative estimate of drug-likeness (QED) is 0.833. The lowest BCUT2D eigenvalue weighted by Gasteiger charge is -2.01. The summed E-state index contributed by atoms with van der Waals surface area (Å²) in [5, 5.41) is 18.6. The molecule has 0 unspecified atom stereocenters. The highest BCUT2D eigenvalue weighted by Crippen LogP contribution is 2.09. The summed E-state index contributed by atoms with van der Waals surface area (Å²) in [5.41, 5.74) is 1.55. The number of carbonyl (C=O) groups is 1. The molecular weight excluding hydrogens is 216 g/mol. The van der Waals surface area contributed by atoms with Crippen molar-refractivity contribution in [1.29, 1.82) is 0 Å². The lowest BCUT2D eigenvalue weighted by molar-refractivity contribution is 0.0683. The highest BCUT2D eigenvalue weighted by atomic mass is 32.1. The van der Waals surface area contributed by atoms with E-state index in [1.165, 1.54) is 22.4 Å². The van der Waals surface area contributed by atoms with Crippen molar-refractivity contribution in [3.05, 3.63) is 28.5 Å². The molecule has 6 nitrogen and oxygen atoms in total. The van der Waals surface area contributed by atoms with E-state index in [2.05, 4.69) is 14.7 Å². The van der Waals surface area contributed by atoms with Gasteiger partial charge in [-0.2, -0.15) is 5.10 Å². The summed E-state index contributed by atoms with van der Waals surface area (Å²) in [6, 6.07) is 0. The summed E-state index contributed by atoms with van der Waals surface area (Å²) >= 11 is 1.23. The van der Waals surface area contributed by atoms with E-state index in [9.17, 15) is 4.79 Å². The fourth-order valence-corrected chi connectivity index (χ4v) is 1.73. The molecule has 0 aromatic carbocycles. The van der Waals surface area contributed by atoms with Crippen LogP contribution in [-0.2, 0) is 6.54 Å². The van der Waals surface area contributed by atoms with Crippen molar-refractivity contribution in [2.45, 2.75) is 13.5 Å². The maximum Gasteiger partial charge on any atom is 0.354 e. The number of carboxylic acid groups (broad SMARTS) is 1. The second-order valence-electron chi connectivity index (χ2n) is 3.04. The zero-order valence-corrected chi connectivity index (χ0v) is 8.73. The van der Waals surface area contributed by atoms with Gasteiger partial charge in [-0.15, -0.1) is 5.10 Å². The Kier molecular flexibility index (Phi) is 2.46. The van der Waals surface area contributed by atoms with Crippen molar-refractivity contribution in [2.75, 3.05) is 0 Å². The second-order valence-corrected chi connectivity index (χ2v) is 3.65. The summed E-state index contributed by atoms with van der Waals surface area (Å²) in [5.74, 6) is -0.979. The Morgan fingerprint density at radius 3 is 3.07 bits per heavy atom. The van der Waals surface area contributed by atoms with Gasteiger partial charge in [-0.25, -0.2) is 4.79 Å². The first kappa shape index (κ1) is 9.78. The molecule has 0 saturated carbocycles. The number of aryl methyl sites for hydroxylation is 1. The van der Waals surface area contributed by atoms with Gasteiger partial charge in [0.15, 0.2) is 0 Å². The maximum atomic E-state index is 10.9. The van der Waals surface area contributed by atoms with Crippen LogP contribution in [0.25, 0.3) is 0 Å². The van der Waals surface area contributed by atoms with E-state index >= 15 is 0 Å². The van der Waals surface area contributed by atoms with Crippen LogP contribution in [0.4, 0.5) is 0 Å². The fraction of sp³-hybridized carbons (Fsp3) is 0.250. The summed E-state index contributed by atoms with van der Waals surface area (Å²) < 4.78 is 5.11. The fourth-order valence-electron chi connectivity index (χ4n) is 1.28. The number of aromatic nitrogens is 4. The van der Waals surface area contributed by atoms with Crippen LogP contribution in [-0.4, -0.2) is 30.4 Å². The van der Waals surface area contributed by atoms with E-state index in [1.54, 1.807) is 12.3 Å². The SMILES string of the molecule is Cc1cnn(Cc2csnn2)c1C(=O)O. The molecule has 2 heterocycles. The Morgan fingerprint density at radius 1 is 1.67 bits per heavy atom. The van der Waals surface area contributed by atoms with Crippen LogP contribution in [0, 0.1) is 6.92 Å². The van der Waals surface area contributed by atoms with Gasteiger partial charge in [0.2, 0.25) is 0 Å². The van der Waals surface area contributed by atoms with E-state index in [-0.39, 0.29) is 5.69 Å². The molecule has 0 amide bonds. The molecule has 0 aliphatic rings. The molecule has 0 aliphatic carbocycles. The molecule has 1 N–H and O–H groups in total. The highest BCUT2D eigenvalue weighted by Gasteiger charge is 2.15. The molecule has 78 valence electrons. The average Bonchev–Trinajstić information content (AvgIpc) is 2.76. The third kappa shape index (κ3) is 1.86. The number of rotatable bonds is 3. The zero-order chi connectivity index (χ0) is 10.8. The van der Waals surface area contributed by atoms with Gasteiger partial charge in [-0.3, -0.25) is 4.68 Å². The van der Waals surface area contributed by atoms with Crippen molar-refractivity contribution in [3.63, 3.8) is 0 Å². The van der Waals surface area contributed by atoms with Crippen molar-refractivity contribution in [3.8, 4) is 0 Å². The predicted molar refractivity (Wildman–Crippen MR) is 52.9 cm³/mol. The lowest BCUT2D eigenvalue weighted by atomic mass is 10.3. The average molecular weight is 224 g/mol. The van der Waals surface area contributed by atoms with Crippen LogP contribution in [0.15, 0.2) is 11.6 Å². The first-order chi connectivity index (χ1) is 7.18. The predicted octanol–water partition coefficient (Wildman–Crippen LogP) is 0.790. The van der Waals surface area contributed by atoms with Gasteiger partial charge >= 0.3 is 5.97 Å². The summed E-state index contributed by atoms with van der Waals surface area (Å²) in [4.78, 5) is 10.9. The Balaban J connectivity index is 2.33. The van der Waals surface area contributed by atoms with Gasteiger partial charge in [0, 0.05) is 10.9 Å². The second kappa shape index (κ2) is 3.77. The summed E-state index contributed by atoms with van der Waals surface area (Å²) in [7, 11) is 0. The van der Waals surface area contributed by atoms with E-state index in [0.717, 1.165) is 0 Å². The largest absolute Gasteiger partial charge is 0.477 e. The Bertz CT molecular complexity index is 477. The van der Waals surface area contributed by atoms with Crippen molar-refractivity contribution < 1.29 is 9.90 Å². The minimum Gasteiger partial charge on any atom is -0.477 e. The Labute approximate surface area is 89.3 Å². The summed E-state index contributed by atoms with van der Waals surface area (Å²) in [6.45, 7) is 2.05. The van der Waals surface area contributed by atoms with Crippen LogP contribution in [0.5, 0.6) is 0 Å². The van der Waals surface area contributed by atoms with Crippen LogP contribution < -0.4 is 0 Å². The third-order valence-corrected chi connectivity index (χ3v) is 2.50. The van der Waals surface area contributed by atoms with Crippen molar-refractivity contribution in [2.24, 2.45) is 0 Å². The normalized spacial score (nSPS) is 10.5. The zero-order valence-electron chi connectivity index (χ0n) is 7.91. The van der Waals surface area contributed by atoms with Crippen molar-refractivity contribution >= 4 is 17.5 Å². The number of carboxylic acids is 1. The number of aromatic carboxylic acids is 1. The molecule has 0 fully saturated rings. The molecule has 0 saturated heterocycles. The molecule has 15 heavy (non-hydrogen) atoms. The van der Waals surface area contributed by atoms with Gasteiger partial charge < -0.3 is 5.11 Å². The van der Waals surface area contributed by atoms with Crippen molar-refractivity contribution in [1.82, 2.24) is 19.4 Å². The molecule has 2 rings (SSSR count). The maximum absolute atomic E-state index is 10.9. The molecule has 0 aliphatic heterocycles. The van der Waals surface area contributed by atoms with E-state index in [1.807, 2.05) is 0 Å². The molecule has 2 aromatic heterocycles. The van der Waals surface area contributed by atoms with Crippen LogP contribution in [0.3, 0.4) is 0 Å². The van der Waals surface area contributed by atoms with Gasteiger partial charge in [0.05, 0.1) is 18.4 Å². The molecule has 7 heteroatoms. The number of hydrogen-bond donors (Lipinski definition) is 1. The number of nitrogens with zero attached hydrogens (tertiary/aromatic N) is 4. The molecule has 0 spiro atoms. The smallest absolute Gasteiger partial charge is 0.354 e. The number of hydrogen-bond acceptors (Lipinski definition) is 5. The van der Waals surface area contributed by atoms with Gasteiger partial charge in [0.1, 0.15) is 5.69 Å². The molecule has 0 atom stereocenters. The van der Waals surface area contributed by atoms with E-state index < -0.39 is 5.97 Å². The first-order valence-corrected chi connectivity index (χ1v) is 5.04. The lowest BCUT2D eigenvalue weighted by Crippen LogP contribution is -2.12. The van der Waals surface area contributed by atoms with E-state index in [4.69, 9.17) is 5.11 Å². The first-order valence-electron chi connectivity index (χ1n) is 4.20. The summed E-state index contributed by atoms with van der Waals surface area (Å²) in [6.07, 6.45) is 1.53. The third-order valence-electron chi connectivity index (χ3n) is 1.94. The Morgan fingerprint density at radius 2 is 2.47 bits per heavy atom. The molecule has 0 bridgehead atoms.